The molecule has 1 aromatic carbocycles. The van der Waals surface area contributed by atoms with Crippen LogP contribution in [0.3, 0.4) is 0 Å². The van der Waals surface area contributed by atoms with E-state index >= 15 is 0 Å². The first kappa shape index (κ1) is 26.2. The zero-order valence-electron chi connectivity index (χ0n) is 17.7. The summed E-state index contributed by atoms with van der Waals surface area (Å²) in [6.45, 7) is 7.61. The molecule has 3 N–H and O–H groups in total. The molecule has 0 aromatic heterocycles. The molecule has 2 fully saturated rings. The number of ether oxygens (including phenoxy) is 1. The van der Waals surface area contributed by atoms with E-state index in [2.05, 4.69) is 24.1 Å². The Bertz CT molecular complexity index is 622. The zero-order valence-corrected chi connectivity index (χ0v) is 19.3. The van der Waals surface area contributed by atoms with Crippen LogP contribution in [0.15, 0.2) is 30.3 Å². The van der Waals surface area contributed by atoms with Crippen molar-refractivity contribution in [2.45, 2.75) is 69.6 Å². The maximum atomic E-state index is 12.7. The van der Waals surface area contributed by atoms with Gasteiger partial charge >= 0.3 is 0 Å². The summed E-state index contributed by atoms with van der Waals surface area (Å²) in [6.07, 6.45) is 6.59. The van der Waals surface area contributed by atoms with Crippen LogP contribution in [0.5, 0.6) is 0 Å². The molecule has 0 radical (unpaired) electrons. The SMILES string of the molecule is CC1(C)CN(C2(CNC(=O)C(N)Cc3ccccc3)CCCCC2)CCO1.Cl.Cl. The van der Waals surface area contributed by atoms with E-state index < -0.39 is 6.04 Å². The monoisotopic (exact) mass is 445 g/mol. The van der Waals surface area contributed by atoms with Gasteiger partial charge in [0.15, 0.2) is 0 Å². The molecule has 1 aliphatic carbocycles. The van der Waals surface area contributed by atoms with Crippen molar-refractivity contribution >= 4 is 30.7 Å². The van der Waals surface area contributed by atoms with Crippen molar-refractivity contribution in [3.05, 3.63) is 35.9 Å². The van der Waals surface area contributed by atoms with Gasteiger partial charge in [0.25, 0.3) is 0 Å². The molecule has 5 nitrogen and oxygen atoms in total. The van der Waals surface area contributed by atoms with Crippen molar-refractivity contribution < 1.29 is 9.53 Å². The van der Waals surface area contributed by atoms with Gasteiger partial charge in [-0.2, -0.15) is 0 Å². The van der Waals surface area contributed by atoms with Gasteiger partial charge in [0.1, 0.15) is 0 Å². The van der Waals surface area contributed by atoms with E-state index in [9.17, 15) is 4.79 Å². The summed E-state index contributed by atoms with van der Waals surface area (Å²) in [5, 5.41) is 3.19. The summed E-state index contributed by atoms with van der Waals surface area (Å²) in [4.78, 5) is 15.2. The molecule has 166 valence electrons. The molecule has 1 amide bonds. The molecule has 29 heavy (non-hydrogen) atoms. The quantitative estimate of drug-likeness (QED) is 0.704. The van der Waals surface area contributed by atoms with Crippen molar-refractivity contribution in [1.82, 2.24) is 10.2 Å². The van der Waals surface area contributed by atoms with E-state index in [4.69, 9.17) is 10.5 Å². The fraction of sp³-hybridized carbons (Fsp3) is 0.682. The van der Waals surface area contributed by atoms with E-state index in [0.29, 0.717) is 13.0 Å². The maximum Gasteiger partial charge on any atom is 0.237 e. The molecule has 1 unspecified atom stereocenters. The Balaban J connectivity index is 0.00000210. The summed E-state index contributed by atoms with van der Waals surface area (Å²) in [5.74, 6) is -0.0451. The fourth-order valence-electron chi connectivity index (χ4n) is 4.58. The van der Waals surface area contributed by atoms with Gasteiger partial charge in [-0.05, 0) is 38.7 Å². The number of amides is 1. The summed E-state index contributed by atoms with van der Waals surface area (Å²) in [6, 6.07) is 9.48. The molecule has 1 saturated heterocycles. The van der Waals surface area contributed by atoms with Gasteiger partial charge in [0.2, 0.25) is 5.91 Å². The van der Waals surface area contributed by atoms with Crippen molar-refractivity contribution in [2.24, 2.45) is 5.73 Å². The lowest BCUT2D eigenvalue weighted by Gasteiger charge is -2.51. The standard InChI is InChI=1S/C22H35N3O2.2ClH/c1-21(2)17-25(13-14-27-21)22(11-7-4-8-12-22)16-24-20(26)19(23)15-18-9-5-3-6-10-18;;/h3,5-6,9-10,19H,4,7-8,11-17,23H2,1-2H3,(H,24,26);2*1H. The highest BCUT2D eigenvalue weighted by molar-refractivity contribution is 5.85. The number of nitrogens with two attached hydrogens (primary N) is 1. The fourth-order valence-corrected chi connectivity index (χ4v) is 4.58. The Morgan fingerprint density at radius 3 is 2.45 bits per heavy atom. The number of benzene rings is 1. The number of nitrogens with one attached hydrogen (secondary N) is 1. The van der Waals surface area contributed by atoms with Gasteiger partial charge in [-0.3, -0.25) is 9.69 Å². The van der Waals surface area contributed by atoms with Crippen molar-refractivity contribution in [3.8, 4) is 0 Å². The second kappa shape index (κ2) is 11.5. The van der Waals surface area contributed by atoms with Gasteiger partial charge in [0, 0.05) is 25.2 Å². The van der Waals surface area contributed by atoms with Crippen LogP contribution in [0.25, 0.3) is 0 Å². The van der Waals surface area contributed by atoms with E-state index in [1.54, 1.807) is 0 Å². The Kier molecular flexibility index (Phi) is 10.4. The van der Waals surface area contributed by atoms with Gasteiger partial charge in [0.05, 0.1) is 18.2 Å². The molecule has 0 spiro atoms. The zero-order chi connectivity index (χ0) is 19.3. The number of halogens is 2. The van der Waals surface area contributed by atoms with Gasteiger partial charge in [-0.1, -0.05) is 49.6 Å². The van der Waals surface area contributed by atoms with E-state index in [0.717, 1.165) is 38.1 Å². The number of nitrogens with zero attached hydrogens (tertiary/aromatic N) is 1. The van der Waals surface area contributed by atoms with Crippen LogP contribution < -0.4 is 11.1 Å². The van der Waals surface area contributed by atoms with Crippen LogP contribution >= 0.6 is 24.8 Å². The molecule has 7 heteroatoms. The average Bonchev–Trinajstić information content (AvgIpc) is 2.67. The average molecular weight is 446 g/mol. The van der Waals surface area contributed by atoms with Gasteiger partial charge < -0.3 is 15.8 Å². The molecule has 0 bridgehead atoms. The molecule has 1 heterocycles. The van der Waals surface area contributed by atoms with Crippen LogP contribution in [0, 0.1) is 0 Å². The predicted molar refractivity (Wildman–Crippen MR) is 123 cm³/mol. The van der Waals surface area contributed by atoms with Gasteiger partial charge in [-0.15, -0.1) is 24.8 Å². The number of hydrogen-bond acceptors (Lipinski definition) is 4. The Morgan fingerprint density at radius 1 is 1.17 bits per heavy atom. The largest absolute Gasteiger partial charge is 0.373 e. The second-order valence-electron chi connectivity index (χ2n) is 8.83. The highest BCUT2D eigenvalue weighted by Gasteiger charge is 2.42. The summed E-state index contributed by atoms with van der Waals surface area (Å²) >= 11 is 0. The van der Waals surface area contributed by atoms with Crippen molar-refractivity contribution in [3.63, 3.8) is 0 Å². The summed E-state index contributed by atoms with van der Waals surface area (Å²) in [7, 11) is 0. The minimum absolute atomic E-state index is 0. The molecule has 1 atom stereocenters. The minimum atomic E-state index is -0.505. The predicted octanol–water partition coefficient (Wildman–Crippen LogP) is 3.33. The molecule has 1 saturated carbocycles. The third-order valence-electron chi connectivity index (χ3n) is 6.11. The Labute approximate surface area is 187 Å². The number of morpholine rings is 1. The van der Waals surface area contributed by atoms with Crippen LogP contribution in [0.4, 0.5) is 0 Å². The van der Waals surface area contributed by atoms with E-state index in [1.165, 1.54) is 19.3 Å². The minimum Gasteiger partial charge on any atom is -0.373 e. The Hall–Kier alpha value is -0.850. The highest BCUT2D eigenvalue weighted by Crippen LogP contribution is 2.36. The molecule has 1 aromatic rings. The first-order valence-electron chi connectivity index (χ1n) is 10.4. The first-order valence-corrected chi connectivity index (χ1v) is 10.4. The molecule has 3 rings (SSSR count). The smallest absolute Gasteiger partial charge is 0.237 e. The highest BCUT2D eigenvalue weighted by atomic mass is 35.5. The normalized spacial score (nSPS) is 21.9. The number of hydrogen-bond donors (Lipinski definition) is 2. The molecule has 1 aliphatic heterocycles. The number of carbonyl (C=O) groups excluding carboxylic acids is 1. The van der Waals surface area contributed by atoms with Crippen LogP contribution in [-0.4, -0.2) is 54.2 Å². The van der Waals surface area contributed by atoms with Crippen molar-refractivity contribution in [1.29, 1.82) is 0 Å². The molecular formula is C22H37Cl2N3O2. The third kappa shape index (κ3) is 7.11. The summed E-state index contributed by atoms with van der Waals surface area (Å²) < 4.78 is 5.91. The maximum absolute atomic E-state index is 12.7. The number of rotatable bonds is 6. The molecular weight excluding hydrogens is 409 g/mol. The summed E-state index contributed by atoms with van der Waals surface area (Å²) in [5.41, 5.74) is 7.20. The third-order valence-corrected chi connectivity index (χ3v) is 6.11. The Morgan fingerprint density at radius 2 is 1.83 bits per heavy atom. The van der Waals surface area contributed by atoms with E-state index in [-0.39, 0.29) is 41.9 Å². The molecule has 2 aliphatic rings. The number of carbonyl (C=O) groups is 1. The lowest BCUT2D eigenvalue weighted by Crippen LogP contribution is -2.63. The van der Waals surface area contributed by atoms with E-state index in [1.807, 2.05) is 30.3 Å². The van der Waals surface area contributed by atoms with Gasteiger partial charge in [-0.25, -0.2) is 0 Å². The van der Waals surface area contributed by atoms with Crippen LogP contribution in [0.1, 0.15) is 51.5 Å². The first-order chi connectivity index (χ1) is 12.9. The second-order valence-corrected chi connectivity index (χ2v) is 8.83. The van der Waals surface area contributed by atoms with Crippen LogP contribution in [-0.2, 0) is 16.0 Å². The lowest BCUT2D eigenvalue weighted by molar-refractivity contribution is -0.130. The van der Waals surface area contributed by atoms with Crippen molar-refractivity contribution in [2.75, 3.05) is 26.2 Å². The lowest BCUT2D eigenvalue weighted by atomic mass is 9.79. The topological polar surface area (TPSA) is 67.6 Å². The van der Waals surface area contributed by atoms with Crippen LogP contribution in [0.2, 0.25) is 0 Å².